The summed E-state index contributed by atoms with van der Waals surface area (Å²) < 4.78 is 5.32. The van der Waals surface area contributed by atoms with E-state index in [9.17, 15) is 0 Å². The Morgan fingerprint density at radius 3 is 2.57 bits per heavy atom. The molecule has 1 saturated heterocycles. The molecule has 23 heavy (non-hydrogen) atoms. The number of guanidine groups is 1. The third-order valence-corrected chi connectivity index (χ3v) is 4.29. The van der Waals surface area contributed by atoms with Crippen LogP contribution in [0.15, 0.2) is 4.99 Å². The van der Waals surface area contributed by atoms with Crippen molar-refractivity contribution < 1.29 is 4.74 Å². The summed E-state index contributed by atoms with van der Waals surface area (Å²) in [7, 11) is 1.83. The monoisotopic (exact) mass is 440 g/mol. The maximum Gasteiger partial charge on any atom is 0.190 e. The molecule has 0 saturated carbocycles. The van der Waals surface area contributed by atoms with Gasteiger partial charge in [0.25, 0.3) is 0 Å². The van der Waals surface area contributed by atoms with Crippen LogP contribution in [0.5, 0.6) is 0 Å². The Morgan fingerprint density at radius 2 is 1.91 bits per heavy atom. The summed E-state index contributed by atoms with van der Waals surface area (Å²) >= 11 is 0. The number of nitrogens with zero attached hydrogens (tertiary/aromatic N) is 2. The van der Waals surface area contributed by atoms with E-state index >= 15 is 0 Å². The van der Waals surface area contributed by atoms with Gasteiger partial charge in [0.2, 0.25) is 0 Å². The Labute approximate surface area is 160 Å². The highest BCUT2D eigenvalue weighted by Gasteiger charge is 2.16. The summed E-state index contributed by atoms with van der Waals surface area (Å²) in [6, 6.07) is 0.779. The number of unbranched alkanes of at least 4 members (excludes halogenated alkanes) is 1. The number of ether oxygens (including phenoxy) is 1. The van der Waals surface area contributed by atoms with E-state index in [0.29, 0.717) is 0 Å². The van der Waals surface area contributed by atoms with Gasteiger partial charge in [0.15, 0.2) is 5.96 Å². The van der Waals surface area contributed by atoms with Crippen LogP contribution >= 0.6 is 24.0 Å². The fraction of sp³-hybridized carbons (Fsp3) is 0.941. The first-order valence-electron chi connectivity index (χ1n) is 9.04. The third-order valence-electron chi connectivity index (χ3n) is 4.29. The summed E-state index contributed by atoms with van der Waals surface area (Å²) in [5.74, 6) is 0.905. The Morgan fingerprint density at radius 1 is 1.17 bits per heavy atom. The molecule has 1 unspecified atom stereocenters. The van der Waals surface area contributed by atoms with Crippen LogP contribution in [0.3, 0.4) is 0 Å². The molecule has 1 aliphatic heterocycles. The van der Waals surface area contributed by atoms with Crippen molar-refractivity contribution in [1.29, 1.82) is 0 Å². The van der Waals surface area contributed by atoms with Gasteiger partial charge in [-0.25, -0.2) is 0 Å². The molecule has 0 aliphatic carbocycles. The summed E-state index contributed by atoms with van der Waals surface area (Å²) in [5.41, 5.74) is 0. The van der Waals surface area contributed by atoms with Gasteiger partial charge in [0, 0.05) is 39.4 Å². The van der Waals surface area contributed by atoms with Crippen LogP contribution in [0.25, 0.3) is 0 Å². The molecule has 0 aromatic rings. The van der Waals surface area contributed by atoms with Gasteiger partial charge >= 0.3 is 0 Å². The van der Waals surface area contributed by atoms with Crippen molar-refractivity contribution in [2.45, 2.75) is 58.4 Å². The second kappa shape index (κ2) is 15.4. The van der Waals surface area contributed by atoms with E-state index in [2.05, 4.69) is 27.4 Å². The lowest BCUT2D eigenvalue weighted by Crippen LogP contribution is -2.39. The lowest BCUT2D eigenvalue weighted by Gasteiger charge is -2.33. The van der Waals surface area contributed by atoms with Gasteiger partial charge in [-0.3, -0.25) is 4.99 Å². The summed E-state index contributed by atoms with van der Waals surface area (Å²) in [5, 5.41) is 6.71. The Balaban J connectivity index is 0.00000484. The van der Waals surface area contributed by atoms with E-state index in [1.807, 2.05) is 14.0 Å². The Bertz CT molecular complexity index is 302. The largest absolute Gasteiger partial charge is 0.382 e. The third kappa shape index (κ3) is 11.2. The highest BCUT2D eigenvalue weighted by molar-refractivity contribution is 14.0. The van der Waals surface area contributed by atoms with Crippen molar-refractivity contribution in [3.8, 4) is 0 Å². The van der Waals surface area contributed by atoms with Gasteiger partial charge in [0.1, 0.15) is 0 Å². The zero-order chi connectivity index (χ0) is 16.0. The van der Waals surface area contributed by atoms with E-state index in [4.69, 9.17) is 4.74 Å². The highest BCUT2D eigenvalue weighted by atomic mass is 127. The topological polar surface area (TPSA) is 48.9 Å². The van der Waals surface area contributed by atoms with E-state index in [0.717, 1.165) is 44.7 Å². The molecule has 138 valence electrons. The van der Waals surface area contributed by atoms with Gasteiger partial charge in [-0.05, 0) is 59.0 Å². The molecule has 0 amide bonds. The van der Waals surface area contributed by atoms with Crippen molar-refractivity contribution >= 4 is 29.9 Å². The number of aliphatic imine (C=N–C) groups is 1. The Hall–Kier alpha value is -0.0800. The molecule has 0 spiro atoms. The second-order valence-electron chi connectivity index (χ2n) is 6.06. The van der Waals surface area contributed by atoms with Crippen LogP contribution < -0.4 is 10.6 Å². The molecule has 1 fully saturated rings. The van der Waals surface area contributed by atoms with Gasteiger partial charge in [0.05, 0.1) is 0 Å². The molecule has 1 aliphatic rings. The van der Waals surface area contributed by atoms with Gasteiger partial charge in [-0.1, -0.05) is 6.42 Å². The molecule has 0 bridgehead atoms. The number of nitrogens with one attached hydrogen (secondary N) is 2. The van der Waals surface area contributed by atoms with Crippen LogP contribution in [0.4, 0.5) is 0 Å². The average molecular weight is 440 g/mol. The van der Waals surface area contributed by atoms with E-state index < -0.39 is 0 Å². The number of hydrogen-bond acceptors (Lipinski definition) is 3. The zero-order valence-corrected chi connectivity index (χ0v) is 17.6. The number of piperidine rings is 1. The standard InChI is InChI=1S/C17H36N4O.HI/c1-4-22-15-9-12-20-17(18-3)19-11-6-8-14-21-13-7-5-10-16(21)2;/h16H,4-15H2,1-3H3,(H2,18,19,20);1H. The number of likely N-dealkylation sites (tertiary alicyclic amines) is 1. The van der Waals surface area contributed by atoms with Crippen LogP contribution in [0, 0.1) is 0 Å². The van der Waals surface area contributed by atoms with Crippen molar-refractivity contribution in [2.75, 3.05) is 46.4 Å². The van der Waals surface area contributed by atoms with Crippen molar-refractivity contribution in [2.24, 2.45) is 4.99 Å². The molecule has 0 aromatic heterocycles. The molecule has 5 nitrogen and oxygen atoms in total. The van der Waals surface area contributed by atoms with Crippen molar-refractivity contribution in [3.05, 3.63) is 0 Å². The molecule has 2 N–H and O–H groups in total. The van der Waals surface area contributed by atoms with Crippen LogP contribution in [0.2, 0.25) is 0 Å². The fourth-order valence-electron chi connectivity index (χ4n) is 2.88. The molecule has 1 rings (SSSR count). The van der Waals surface area contributed by atoms with Crippen molar-refractivity contribution in [1.82, 2.24) is 15.5 Å². The summed E-state index contributed by atoms with van der Waals surface area (Å²) in [6.45, 7) is 10.4. The molecule has 0 aromatic carbocycles. The predicted molar refractivity (Wildman–Crippen MR) is 110 cm³/mol. The number of rotatable bonds is 10. The SMILES string of the molecule is CCOCCCNC(=NC)NCCCCN1CCCCC1C.I. The van der Waals surface area contributed by atoms with Gasteiger partial charge in [-0.15, -0.1) is 24.0 Å². The summed E-state index contributed by atoms with van der Waals surface area (Å²) in [4.78, 5) is 6.89. The quantitative estimate of drug-likeness (QED) is 0.238. The molecule has 6 heteroatoms. The Kier molecular flexibility index (Phi) is 15.4. The first-order chi connectivity index (χ1) is 10.8. The van der Waals surface area contributed by atoms with E-state index in [-0.39, 0.29) is 24.0 Å². The molecule has 0 radical (unpaired) electrons. The van der Waals surface area contributed by atoms with Gasteiger partial charge in [-0.2, -0.15) is 0 Å². The minimum Gasteiger partial charge on any atom is -0.382 e. The fourth-order valence-corrected chi connectivity index (χ4v) is 2.88. The zero-order valence-electron chi connectivity index (χ0n) is 15.3. The lowest BCUT2D eigenvalue weighted by molar-refractivity contribution is 0.145. The predicted octanol–water partition coefficient (Wildman–Crippen LogP) is 2.85. The van der Waals surface area contributed by atoms with Crippen LogP contribution in [0.1, 0.15) is 52.4 Å². The highest BCUT2D eigenvalue weighted by Crippen LogP contribution is 2.16. The smallest absolute Gasteiger partial charge is 0.190 e. The van der Waals surface area contributed by atoms with E-state index in [1.165, 1.54) is 45.2 Å². The molecule has 1 atom stereocenters. The van der Waals surface area contributed by atoms with Crippen LogP contribution in [-0.2, 0) is 4.74 Å². The number of halogens is 1. The molecule has 1 heterocycles. The minimum atomic E-state index is 0. The van der Waals surface area contributed by atoms with Crippen LogP contribution in [-0.4, -0.2) is 63.3 Å². The molecular weight excluding hydrogens is 403 g/mol. The maximum atomic E-state index is 5.32. The first kappa shape index (κ1) is 22.9. The van der Waals surface area contributed by atoms with E-state index in [1.54, 1.807) is 0 Å². The minimum absolute atomic E-state index is 0. The number of hydrogen-bond donors (Lipinski definition) is 2. The summed E-state index contributed by atoms with van der Waals surface area (Å²) in [6.07, 6.45) is 7.63. The van der Waals surface area contributed by atoms with Gasteiger partial charge < -0.3 is 20.3 Å². The lowest BCUT2D eigenvalue weighted by atomic mass is 10.0. The normalized spacial score (nSPS) is 19.3. The van der Waals surface area contributed by atoms with Crippen molar-refractivity contribution in [3.63, 3.8) is 0 Å². The molecular formula is C17H37IN4O. The maximum absolute atomic E-state index is 5.32. The average Bonchev–Trinajstić information content (AvgIpc) is 2.54. The second-order valence-corrected chi connectivity index (χ2v) is 6.06. The first-order valence-corrected chi connectivity index (χ1v) is 9.04.